The summed E-state index contributed by atoms with van der Waals surface area (Å²) in [4.78, 5) is 19.5. The number of aromatic nitrogens is 2. The average Bonchev–Trinajstić information content (AvgIpc) is 2.70. The highest BCUT2D eigenvalue weighted by molar-refractivity contribution is 5.87. The number of ether oxygens (including phenoxy) is 1. The van der Waals surface area contributed by atoms with E-state index in [1.165, 1.54) is 6.07 Å². The van der Waals surface area contributed by atoms with E-state index in [2.05, 4.69) is 20.6 Å². The van der Waals surface area contributed by atoms with E-state index < -0.39 is 4.92 Å². The first-order valence-corrected chi connectivity index (χ1v) is 8.86. The highest BCUT2D eigenvalue weighted by Crippen LogP contribution is 2.29. The van der Waals surface area contributed by atoms with Crippen LogP contribution in [0.5, 0.6) is 5.75 Å². The Balaban J connectivity index is 1.78. The van der Waals surface area contributed by atoms with Gasteiger partial charge in [0.15, 0.2) is 0 Å². The van der Waals surface area contributed by atoms with E-state index in [1.807, 2.05) is 31.2 Å². The molecule has 3 rings (SSSR count). The van der Waals surface area contributed by atoms with Gasteiger partial charge in [0.2, 0.25) is 5.95 Å². The van der Waals surface area contributed by atoms with Crippen LogP contribution in [0.15, 0.2) is 42.6 Å². The van der Waals surface area contributed by atoms with E-state index >= 15 is 0 Å². The van der Waals surface area contributed by atoms with Crippen molar-refractivity contribution in [3.05, 3.63) is 58.3 Å². The summed E-state index contributed by atoms with van der Waals surface area (Å²) < 4.78 is 5.40. The van der Waals surface area contributed by atoms with Gasteiger partial charge in [-0.25, -0.2) is 9.97 Å². The molecule has 3 aromatic rings. The number of anilines is 2. The Labute approximate surface area is 161 Å². The molecule has 9 nitrogen and oxygen atoms in total. The van der Waals surface area contributed by atoms with Crippen LogP contribution < -0.4 is 15.4 Å². The number of aliphatic hydroxyl groups excluding tert-OH is 1. The predicted molar refractivity (Wildman–Crippen MR) is 107 cm³/mol. The third-order valence-electron chi connectivity index (χ3n) is 3.97. The van der Waals surface area contributed by atoms with Crippen molar-refractivity contribution in [1.82, 2.24) is 9.97 Å². The van der Waals surface area contributed by atoms with E-state index in [4.69, 9.17) is 9.84 Å². The van der Waals surface area contributed by atoms with Gasteiger partial charge in [-0.05, 0) is 30.7 Å². The van der Waals surface area contributed by atoms with Crippen LogP contribution in [0.3, 0.4) is 0 Å². The number of aliphatic hydroxyl groups is 1. The molecule has 0 radical (unpaired) electrons. The van der Waals surface area contributed by atoms with Crippen molar-refractivity contribution < 1.29 is 14.8 Å². The van der Waals surface area contributed by atoms with Crippen LogP contribution >= 0.6 is 0 Å². The fourth-order valence-corrected chi connectivity index (χ4v) is 2.72. The van der Waals surface area contributed by atoms with Gasteiger partial charge in [-0.1, -0.05) is 12.1 Å². The number of hydrogen-bond acceptors (Lipinski definition) is 8. The van der Waals surface area contributed by atoms with Gasteiger partial charge in [0, 0.05) is 30.7 Å². The van der Waals surface area contributed by atoms with Gasteiger partial charge in [-0.3, -0.25) is 10.1 Å². The van der Waals surface area contributed by atoms with Crippen molar-refractivity contribution in [2.75, 3.05) is 30.4 Å². The molecule has 0 bridgehead atoms. The van der Waals surface area contributed by atoms with Crippen molar-refractivity contribution >= 4 is 28.2 Å². The zero-order chi connectivity index (χ0) is 19.9. The fraction of sp³-hybridized carbons (Fsp3) is 0.263. The largest absolute Gasteiger partial charge is 0.491 e. The van der Waals surface area contributed by atoms with Gasteiger partial charge in [0.25, 0.3) is 5.69 Å². The summed E-state index contributed by atoms with van der Waals surface area (Å²) >= 11 is 0. The molecule has 0 unspecified atom stereocenters. The Morgan fingerprint density at radius 1 is 1.25 bits per heavy atom. The first-order valence-electron chi connectivity index (χ1n) is 8.86. The number of nitrogens with zero attached hydrogens (tertiary/aromatic N) is 3. The maximum Gasteiger partial charge on any atom is 0.293 e. The predicted octanol–water partition coefficient (Wildman–Crippen LogP) is 2.95. The van der Waals surface area contributed by atoms with Crippen molar-refractivity contribution in [2.45, 2.75) is 13.5 Å². The zero-order valence-electron chi connectivity index (χ0n) is 15.4. The smallest absolute Gasteiger partial charge is 0.293 e. The second-order valence-corrected chi connectivity index (χ2v) is 5.98. The number of nitro benzene ring substituents is 1. The molecule has 0 amide bonds. The first-order chi connectivity index (χ1) is 13.6. The Morgan fingerprint density at radius 2 is 2.11 bits per heavy atom. The third kappa shape index (κ3) is 4.63. The quantitative estimate of drug-likeness (QED) is 0.381. The summed E-state index contributed by atoms with van der Waals surface area (Å²) in [6.45, 7) is 3.12. The number of benzene rings is 2. The summed E-state index contributed by atoms with van der Waals surface area (Å²) in [7, 11) is 0. The lowest BCUT2D eigenvalue weighted by Crippen LogP contribution is -2.06. The van der Waals surface area contributed by atoms with Gasteiger partial charge < -0.3 is 20.5 Å². The summed E-state index contributed by atoms with van der Waals surface area (Å²) in [5, 5.41) is 26.8. The second-order valence-electron chi connectivity index (χ2n) is 5.98. The summed E-state index contributed by atoms with van der Waals surface area (Å²) in [6.07, 6.45) is 1.56. The Morgan fingerprint density at radius 3 is 2.86 bits per heavy atom. The van der Waals surface area contributed by atoms with Crippen LogP contribution in [-0.4, -0.2) is 39.8 Å². The molecule has 0 aliphatic rings. The van der Waals surface area contributed by atoms with E-state index in [0.29, 0.717) is 41.4 Å². The van der Waals surface area contributed by atoms with Gasteiger partial charge in [-0.2, -0.15) is 0 Å². The topological polar surface area (TPSA) is 122 Å². The molecule has 0 saturated heterocycles. The SMILES string of the molecule is CCNc1cc2nc(NCc3cccc(OCCO)c3)ncc2cc1[N+](=O)[O-]. The molecule has 3 N–H and O–H groups in total. The third-order valence-corrected chi connectivity index (χ3v) is 3.97. The van der Waals surface area contributed by atoms with E-state index in [9.17, 15) is 10.1 Å². The standard InChI is InChI=1S/C19H21N5O4/c1-2-20-17-10-16-14(9-18(17)24(26)27)12-22-19(23-16)21-11-13-4-3-5-15(8-13)28-7-6-25/h3-5,8-10,12,20,25H,2,6-7,11H2,1H3,(H,21,22,23). The lowest BCUT2D eigenvalue weighted by Gasteiger charge is -2.09. The van der Waals surface area contributed by atoms with Crippen LogP contribution in [0.25, 0.3) is 10.9 Å². The minimum atomic E-state index is -0.421. The monoisotopic (exact) mass is 383 g/mol. The Bertz CT molecular complexity index is 980. The molecule has 0 aliphatic carbocycles. The fourth-order valence-electron chi connectivity index (χ4n) is 2.72. The maximum absolute atomic E-state index is 11.2. The van der Waals surface area contributed by atoms with Gasteiger partial charge in [0.1, 0.15) is 18.0 Å². The molecule has 0 fully saturated rings. The molecular weight excluding hydrogens is 362 g/mol. The molecule has 0 saturated carbocycles. The molecule has 28 heavy (non-hydrogen) atoms. The minimum Gasteiger partial charge on any atom is -0.491 e. The van der Waals surface area contributed by atoms with E-state index in [0.717, 1.165) is 5.56 Å². The van der Waals surface area contributed by atoms with Crippen LogP contribution in [0.1, 0.15) is 12.5 Å². The molecule has 9 heteroatoms. The number of nitrogens with one attached hydrogen (secondary N) is 2. The molecule has 1 aromatic heterocycles. The van der Waals surface area contributed by atoms with Crippen LogP contribution in [0, 0.1) is 10.1 Å². The van der Waals surface area contributed by atoms with E-state index in [1.54, 1.807) is 12.3 Å². The van der Waals surface area contributed by atoms with Crippen molar-refractivity contribution in [3.8, 4) is 5.75 Å². The Hall–Kier alpha value is -3.46. The zero-order valence-corrected chi connectivity index (χ0v) is 15.4. The highest BCUT2D eigenvalue weighted by Gasteiger charge is 2.15. The highest BCUT2D eigenvalue weighted by atomic mass is 16.6. The molecule has 0 spiro atoms. The lowest BCUT2D eigenvalue weighted by molar-refractivity contribution is -0.383. The summed E-state index contributed by atoms with van der Waals surface area (Å²) in [5.74, 6) is 1.10. The molecule has 0 aliphatic heterocycles. The average molecular weight is 383 g/mol. The molecule has 146 valence electrons. The molecular formula is C19H21N5O4. The van der Waals surface area contributed by atoms with Crippen molar-refractivity contribution in [2.24, 2.45) is 0 Å². The minimum absolute atomic E-state index is 0.00152. The summed E-state index contributed by atoms with van der Waals surface area (Å²) in [5.41, 5.74) is 2.01. The normalized spacial score (nSPS) is 10.6. The Kier molecular flexibility index (Phi) is 6.18. The molecule has 1 heterocycles. The summed E-state index contributed by atoms with van der Waals surface area (Å²) in [6, 6.07) is 10.6. The van der Waals surface area contributed by atoms with Crippen LogP contribution in [0.4, 0.5) is 17.3 Å². The lowest BCUT2D eigenvalue weighted by atomic mass is 10.2. The second kappa shape index (κ2) is 8.96. The molecule has 2 aromatic carbocycles. The number of hydrogen-bond donors (Lipinski definition) is 3. The number of rotatable bonds is 9. The van der Waals surface area contributed by atoms with Crippen LogP contribution in [0.2, 0.25) is 0 Å². The maximum atomic E-state index is 11.2. The van der Waals surface area contributed by atoms with Gasteiger partial charge >= 0.3 is 0 Å². The van der Waals surface area contributed by atoms with Gasteiger partial charge in [0.05, 0.1) is 17.0 Å². The van der Waals surface area contributed by atoms with Crippen molar-refractivity contribution in [1.29, 1.82) is 0 Å². The first kappa shape index (κ1) is 19.3. The van der Waals surface area contributed by atoms with Crippen molar-refractivity contribution in [3.63, 3.8) is 0 Å². The number of nitro groups is 1. The van der Waals surface area contributed by atoms with E-state index in [-0.39, 0.29) is 18.9 Å². The number of fused-ring (bicyclic) bond motifs is 1. The van der Waals surface area contributed by atoms with Crippen LogP contribution in [-0.2, 0) is 6.54 Å². The molecule has 0 atom stereocenters. The van der Waals surface area contributed by atoms with Gasteiger partial charge in [-0.15, -0.1) is 0 Å².